The van der Waals surface area contributed by atoms with Gasteiger partial charge in [0.15, 0.2) is 0 Å². The Labute approximate surface area is 147 Å². The Morgan fingerprint density at radius 3 is 2.72 bits per heavy atom. The van der Waals surface area contributed by atoms with Crippen molar-refractivity contribution in [1.82, 2.24) is 5.32 Å². The first kappa shape index (κ1) is 15.9. The third kappa shape index (κ3) is 2.93. The lowest BCUT2D eigenvalue weighted by molar-refractivity contribution is -0.142. The fraction of sp³-hybridized carbons (Fsp3) is 0.333. The SMILES string of the molecule is O=C(CC12CC(=O)OC1CCc1ccccc12)NCc1ccccc1. The van der Waals surface area contributed by atoms with E-state index < -0.39 is 5.41 Å². The Morgan fingerprint density at radius 2 is 1.88 bits per heavy atom. The monoisotopic (exact) mass is 335 g/mol. The summed E-state index contributed by atoms with van der Waals surface area (Å²) in [5.41, 5.74) is 2.87. The highest BCUT2D eigenvalue weighted by atomic mass is 16.6. The van der Waals surface area contributed by atoms with Crippen LogP contribution in [0.3, 0.4) is 0 Å². The van der Waals surface area contributed by atoms with E-state index in [2.05, 4.69) is 11.4 Å². The maximum Gasteiger partial charge on any atom is 0.307 e. The van der Waals surface area contributed by atoms with Crippen molar-refractivity contribution >= 4 is 11.9 Å². The van der Waals surface area contributed by atoms with E-state index in [4.69, 9.17) is 4.74 Å². The Morgan fingerprint density at radius 1 is 1.12 bits per heavy atom. The Bertz CT molecular complexity index is 802. The summed E-state index contributed by atoms with van der Waals surface area (Å²) >= 11 is 0. The number of amides is 1. The minimum Gasteiger partial charge on any atom is -0.461 e. The van der Waals surface area contributed by atoms with E-state index in [1.54, 1.807) is 0 Å². The van der Waals surface area contributed by atoms with Crippen LogP contribution in [0.15, 0.2) is 54.6 Å². The van der Waals surface area contributed by atoms with Gasteiger partial charge in [-0.05, 0) is 29.5 Å². The average Bonchev–Trinajstić information content (AvgIpc) is 2.97. The number of esters is 1. The van der Waals surface area contributed by atoms with Crippen LogP contribution in [0.25, 0.3) is 0 Å². The lowest BCUT2D eigenvalue weighted by atomic mass is 9.65. The van der Waals surface area contributed by atoms with Gasteiger partial charge >= 0.3 is 5.97 Å². The van der Waals surface area contributed by atoms with E-state index in [9.17, 15) is 9.59 Å². The predicted molar refractivity (Wildman–Crippen MR) is 93.8 cm³/mol. The Balaban J connectivity index is 1.56. The first-order chi connectivity index (χ1) is 12.2. The summed E-state index contributed by atoms with van der Waals surface area (Å²) in [6.07, 6.45) is 2.05. The molecule has 0 saturated carbocycles. The van der Waals surface area contributed by atoms with Crippen LogP contribution in [0.5, 0.6) is 0 Å². The van der Waals surface area contributed by atoms with Gasteiger partial charge in [0.25, 0.3) is 0 Å². The van der Waals surface area contributed by atoms with E-state index in [-0.39, 0.29) is 30.8 Å². The Kier molecular flexibility index (Phi) is 4.04. The third-order valence-corrected chi connectivity index (χ3v) is 5.39. The molecular formula is C21H21NO3. The molecule has 2 atom stereocenters. The number of hydrogen-bond donors (Lipinski definition) is 1. The molecule has 1 aliphatic heterocycles. The van der Waals surface area contributed by atoms with Gasteiger partial charge in [0.1, 0.15) is 6.10 Å². The molecule has 1 heterocycles. The molecular weight excluding hydrogens is 314 g/mol. The minimum absolute atomic E-state index is 0.0381. The van der Waals surface area contributed by atoms with Crippen LogP contribution in [0, 0.1) is 0 Å². The van der Waals surface area contributed by atoms with E-state index >= 15 is 0 Å². The quantitative estimate of drug-likeness (QED) is 0.874. The average molecular weight is 335 g/mol. The summed E-state index contributed by atoms with van der Waals surface area (Å²) in [5.74, 6) is -0.235. The molecule has 0 aromatic heterocycles. The number of fused-ring (bicyclic) bond motifs is 3. The van der Waals surface area contributed by atoms with Gasteiger partial charge in [0.05, 0.1) is 11.8 Å². The van der Waals surface area contributed by atoms with Gasteiger partial charge in [-0.3, -0.25) is 9.59 Å². The van der Waals surface area contributed by atoms with Gasteiger partial charge in [-0.2, -0.15) is 0 Å². The van der Waals surface area contributed by atoms with E-state index in [0.717, 1.165) is 24.0 Å². The molecule has 1 amide bonds. The molecule has 128 valence electrons. The molecule has 2 aromatic carbocycles. The summed E-state index contributed by atoms with van der Waals surface area (Å²) in [4.78, 5) is 24.7. The smallest absolute Gasteiger partial charge is 0.307 e. The molecule has 4 heteroatoms. The van der Waals surface area contributed by atoms with Crippen molar-refractivity contribution in [1.29, 1.82) is 0 Å². The van der Waals surface area contributed by atoms with Gasteiger partial charge in [0.2, 0.25) is 5.91 Å². The van der Waals surface area contributed by atoms with Crippen LogP contribution in [-0.4, -0.2) is 18.0 Å². The van der Waals surface area contributed by atoms with Crippen molar-refractivity contribution in [3.63, 3.8) is 0 Å². The van der Waals surface area contributed by atoms with Gasteiger partial charge < -0.3 is 10.1 Å². The summed E-state index contributed by atoms with van der Waals surface area (Å²) in [6, 6.07) is 18.0. The van der Waals surface area contributed by atoms with Gasteiger partial charge in [-0.1, -0.05) is 54.6 Å². The summed E-state index contributed by atoms with van der Waals surface area (Å²) < 4.78 is 5.57. The molecule has 25 heavy (non-hydrogen) atoms. The topological polar surface area (TPSA) is 55.4 Å². The molecule has 1 saturated heterocycles. The van der Waals surface area contributed by atoms with Crippen LogP contribution in [0.4, 0.5) is 0 Å². The largest absolute Gasteiger partial charge is 0.461 e. The van der Waals surface area contributed by atoms with E-state index in [1.807, 2.05) is 48.5 Å². The molecule has 2 aliphatic rings. The van der Waals surface area contributed by atoms with Crippen LogP contribution >= 0.6 is 0 Å². The first-order valence-electron chi connectivity index (χ1n) is 8.76. The van der Waals surface area contributed by atoms with E-state index in [0.29, 0.717) is 6.54 Å². The summed E-state index contributed by atoms with van der Waals surface area (Å²) in [7, 11) is 0. The number of nitrogens with one attached hydrogen (secondary N) is 1. The minimum atomic E-state index is -0.521. The molecule has 4 rings (SSSR count). The number of carbonyl (C=O) groups is 2. The number of ether oxygens (including phenoxy) is 1. The molecule has 1 fully saturated rings. The second-order valence-electron chi connectivity index (χ2n) is 6.95. The molecule has 0 spiro atoms. The maximum absolute atomic E-state index is 12.7. The molecule has 0 bridgehead atoms. The maximum atomic E-state index is 12.7. The highest BCUT2D eigenvalue weighted by molar-refractivity contribution is 5.82. The summed E-state index contributed by atoms with van der Waals surface area (Å²) in [6.45, 7) is 0.497. The molecule has 0 radical (unpaired) electrons. The fourth-order valence-corrected chi connectivity index (χ4v) is 4.22. The van der Waals surface area contributed by atoms with Crippen LogP contribution in [0.1, 0.15) is 36.0 Å². The summed E-state index contributed by atoms with van der Waals surface area (Å²) in [5, 5.41) is 2.99. The van der Waals surface area contributed by atoms with Crippen molar-refractivity contribution < 1.29 is 14.3 Å². The van der Waals surface area contributed by atoms with Crippen LogP contribution in [0.2, 0.25) is 0 Å². The van der Waals surface area contributed by atoms with Crippen LogP contribution in [-0.2, 0) is 32.7 Å². The molecule has 2 unspecified atom stereocenters. The van der Waals surface area contributed by atoms with Crippen molar-refractivity contribution in [2.24, 2.45) is 0 Å². The number of hydrogen-bond acceptors (Lipinski definition) is 3. The number of aryl methyl sites for hydroxylation is 1. The van der Waals surface area contributed by atoms with Gasteiger partial charge in [-0.25, -0.2) is 0 Å². The number of benzene rings is 2. The number of carbonyl (C=O) groups excluding carboxylic acids is 2. The fourth-order valence-electron chi connectivity index (χ4n) is 4.22. The second-order valence-corrected chi connectivity index (χ2v) is 6.95. The number of rotatable bonds is 4. The van der Waals surface area contributed by atoms with Gasteiger partial charge in [0, 0.05) is 13.0 Å². The first-order valence-corrected chi connectivity index (χ1v) is 8.76. The highest BCUT2D eigenvalue weighted by Gasteiger charge is 2.53. The molecule has 2 aromatic rings. The van der Waals surface area contributed by atoms with Crippen molar-refractivity contribution in [3.8, 4) is 0 Å². The van der Waals surface area contributed by atoms with Crippen molar-refractivity contribution in [3.05, 3.63) is 71.3 Å². The standard InChI is InChI=1S/C21H21NO3/c23-19(22-14-15-6-2-1-3-7-15)12-21-13-20(24)25-18(21)11-10-16-8-4-5-9-17(16)21/h1-9,18H,10-14H2,(H,22,23). The normalized spacial score (nSPS) is 24.2. The third-order valence-electron chi connectivity index (χ3n) is 5.39. The second kappa shape index (κ2) is 6.36. The zero-order valence-corrected chi connectivity index (χ0v) is 14.0. The molecule has 1 aliphatic carbocycles. The predicted octanol–water partition coefficient (Wildman–Crippen LogP) is 2.89. The molecule has 1 N–H and O–H groups in total. The van der Waals surface area contributed by atoms with Crippen molar-refractivity contribution in [2.75, 3.05) is 0 Å². The van der Waals surface area contributed by atoms with Crippen molar-refractivity contribution in [2.45, 2.75) is 43.7 Å². The van der Waals surface area contributed by atoms with E-state index in [1.165, 1.54) is 5.56 Å². The highest BCUT2D eigenvalue weighted by Crippen LogP contribution is 2.48. The van der Waals surface area contributed by atoms with Gasteiger partial charge in [-0.15, -0.1) is 0 Å². The zero-order chi connectivity index (χ0) is 17.3. The zero-order valence-electron chi connectivity index (χ0n) is 14.0. The Hall–Kier alpha value is -2.62. The lowest BCUT2D eigenvalue weighted by Crippen LogP contribution is -2.44. The van der Waals surface area contributed by atoms with Crippen LogP contribution < -0.4 is 5.32 Å². The lowest BCUT2D eigenvalue weighted by Gasteiger charge is -2.38. The molecule has 4 nitrogen and oxygen atoms in total.